The van der Waals surface area contributed by atoms with Gasteiger partial charge in [0.1, 0.15) is 0 Å². The van der Waals surface area contributed by atoms with Gasteiger partial charge in [-0.25, -0.2) is 19.2 Å². The van der Waals surface area contributed by atoms with Crippen molar-refractivity contribution in [2.45, 2.75) is 33.0 Å². The third-order valence-corrected chi connectivity index (χ3v) is 3.76. The molecule has 2 N–H and O–H groups in total. The van der Waals surface area contributed by atoms with Gasteiger partial charge in [0, 0.05) is 5.57 Å². The lowest BCUT2D eigenvalue weighted by Crippen LogP contribution is -2.46. The van der Waals surface area contributed by atoms with Crippen LogP contribution in [0.15, 0.2) is 60.2 Å². The molecular formula is C21H22O8. The molecule has 0 saturated heterocycles. The Morgan fingerprint density at radius 1 is 0.931 bits per heavy atom. The van der Waals surface area contributed by atoms with E-state index in [2.05, 4.69) is 6.58 Å². The van der Waals surface area contributed by atoms with Crippen molar-refractivity contribution >= 4 is 23.9 Å². The number of ether oxygens (including phenoxy) is 2. The SMILES string of the molecule is C=C/C(C)=C\C=C(/C)C(=O)O[C@@H](C(=O)O)[C@@H](OC(=O)c1ccc(C)cc1)C(=O)O. The predicted octanol–water partition coefficient (Wildman–Crippen LogP) is 2.68. The van der Waals surface area contributed by atoms with Gasteiger partial charge in [0.2, 0.25) is 12.2 Å². The van der Waals surface area contributed by atoms with Crippen LogP contribution in [-0.4, -0.2) is 46.3 Å². The van der Waals surface area contributed by atoms with Crippen LogP contribution in [0.2, 0.25) is 0 Å². The first-order chi connectivity index (χ1) is 13.6. The third kappa shape index (κ3) is 7.10. The average Bonchev–Trinajstić information content (AvgIpc) is 2.67. The van der Waals surface area contributed by atoms with Crippen LogP contribution in [0.3, 0.4) is 0 Å². The molecule has 0 amide bonds. The summed E-state index contributed by atoms with van der Waals surface area (Å²) in [5, 5.41) is 18.6. The first-order valence-corrected chi connectivity index (χ1v) is 8.48. The number of rotatable bonds is 9. The number of hydrogen-bond donors (Lipinski definition) is 2. The van der Waals surface area contributed by atoms with E-state index >= 15 is 0 Å². The van der Waals surface area contributed by atoms with E-state index in [0.717, 1.165) is 11.1 Å². The fourth-order valence-electron chi connectivity index (χ4n) is 1.96. The highest BCUT2D eigenvalue weighted by Crippen LogP contribution is 2.13. The molecule has 29 heavy (non-hydrogen) atoms. The van der Waals surface area contributed by atoms with Crippen LogP contribution >= 0.6 is 0 Å². The number of carboxylic acids is 2. The molecule has 0 aliphatic rings. The van der Waals surface area contributed by atoms with Crippen LogP contribution < -0.4 is 0 Å². The fourth-order valence-corrected chi connectivity index (χ4v) is 1.96. The molecule has 1 rings (SSSR count). The average molecular weight is 402 g/mol. The normalized spacial score (nSPS) is 13.8. The molecule has 0 saturated carbocycles. The molecule has 0 heterocycles. The Morgan fingerprint density at radius 2 is 1.45 bits per heavy atom. The summed E-state index contributed by atoms with van der Waals surface area (Å²) in [6, 6.07) is 6.01. The van der Waals surface area contributed by atoms with Crippen LogP contribution in [0, 0.1) is 6.92 Å². The molecule has 0 unspecified atom stereocenters. The van der Waals surface area contributed by atoms with E-state index in [9.17, 15) is 29.4 Å². The van der Waals surface area contributed by atoms with Crippen molar-refractivity contribution in [1.29, 1.82) is 0 Å². The van der Waals surface area contributed by atoms with Gasteiger partial charge >= 0.3 is 23.9 Å². The van der Waals surface area contributed by atoms with E-state index in [1.54, 1.807) is 38.1 Å². The second-order valence-corrected chi connectivity index (χ2v) is 6.16. The highest BCUT2D eigenvalue weighted by Gasteiger charge is 2.40. The third-order valence-electron chi connectivity index (χ3n) is 3.76. The summed E-state index contributed by atoms with van der Waals surface area (Å²) in [5.74, 6) is -5.66. The molecule has 1 aromatic rings. The Kier molecular flexibility index (Phi) is 8.54. The first-order valence-electron chi connectivity index (χ1n) is 8.48. The van der Waals surface area contributed by atoms with Gasteiger partial charge in [-0.05, 0) is 32.9 Å². The van der Waals surface area contributed by atoms with E-state index in [1.165, 1.54) is 25.1 Å². The summed E-state index contributed by atoms with van der Waals surface area (Å²) in [6.45, 7) is 8.43. The number of carbonyl (C=O) groups excluding carboxylic acids is 2. The second-order valence-electron chi connectivity index (χ2n) is 6.16. The summed E-state index contributed by atoms with van der Waals surface area (Å²) < 4.78 is 9.62. The number of carbonyl (C=O) groups is 4. The molecule has 0 fully saturated rings. The Morgan fingerprint density at radius 3 is 1.93 bits per heavy atom. The summed E-state index contributed by atoms with van der Waals surface area (Å²) >= 11 is 0. The summed E-state index contributed by atoms with van der Waals surface area (Å²) in [7, 11) is 0. The molecule has 8 heteroatoms. The lowest BCUT2D eigenvalue weighted by Gasteiger charge is -2.21. The molecule has 2 atom stereocenters. The molecule has 0 spiro atoms. The minimum absolute atomic E-state index is 0.0199. The highest BCUT2D eigenvalue weighted by atomic mass is 16.6. The van der Waals surface area contributed by atoms with Crippen molar-refractivity contribution in [3.8, 4) is 0 Å². The van der Waals surface area contributed by atoms with Crippen LogP contribution in [0.5, 0.6) is 0 Å². The second kappa shape index (κ2) is 10.6. The molecule has 0 aliphatic carbocycles. The van der Waals surface area contributed by atoms with Gasteiger partial charge in [-0.1, -0.05) is 48.1 Å². The highest BCUT2D eigenvalue weighted by molar-refractivity contribution is 5.95. The van der Waals surface area contributed by atoms with Gasteiger partial charge in [-0.3, -0.25) is 0 Å². The number of aliphatic carboxylic acids is 2. The maximum Gasteiger partial charge on any atom is 0.349 e. The van der Waals surface area contributed by atoms with E-state index in [4.69, 9.17) is 9.47 Å². The number of benzene rings is 1. The monoisotopic (exact) mass is 402 g/mol. The molecule has 0 aliphatic heterocycles. The predicted molar refractivity (Wildman–Crippen MR) is 103 cm³/mol. The first kappa shape index (κ1) is 23.4. The molecule has 8 nitrogen and oxygen atoms in total. The minimum atomic E-state index is -2.23. The van der Waals surface area contributed by atoms with E-state index in [0.29, 0.717) is 0 Å². The van der Waals surface area contributed by atoms with Crippen LogP contribution in [0.4, 0.5) is 0 Å². The van der Waals surface area contributed by atoms with Gasteiger partial charge in [0.15, 0.2) is 0 Å². The van der Waals surface area contributed by atoms with Gasteiger partial charge in [0.05, 0.1) is 5.56 Å². The Hall–Kier alpha value is -3.68. The number of aryl methyl sites for hydroxylation is 1. The molecule has 1 aromatic carbocycles. The number of esters is 2. The quantitative estimate of drug-likeness (QED) is 0.367. The Balaban J connectivity index is 3.05. The molecule has 0 aromatic heterocycles. The van der Waals surface area contributed by atoms with Gasteiger partial charge in [-0.15, -0.1) is 0 Å². The minimum Gasteiger partial charge on any atom is -0.478 e. The van der Waals surface area contributed by atoms with Crippen molar-refractivity contribution in [3.05, 3.63) is 71.3 Å². The van der Waals surface area contributed by atoms with Crippen molar-refractivity contribution in [2.24, 2.45) is 0 Å². The molecule has 0 bridgehead atoms. The molecular weight excluding hydrogens is 380 g/mol. The van der Waals surface area contributed by atoms with Crippen molar-refractivity contribution < 1.29 is 38.9 Å². The Labute approximate surface area is 167 Å². The topological polar surface area (TPSA) is 127 Å². The summed E-state index contributed by atoms with van der Waals surface area (Å²) in [6.07, 6.45) is -0.0106. The standard InChI is InChI=1S/C21H22O8/c1-5-12(2)6-9-14(4)20(26)28-16(18(22)23)17(19(24)25)29-21(27)15-10-7-13(3)8-11-15/h5-11,16-17H,1H2,2-4H3,(H,22,23)(H,24,25)/b12-6-,14-9+/t16-,17-/m1/s1. The zero-order valence-corrected chi connectivity index (χ0v) is 16.2. The van der Waals surface area contributed by atoms with E-state index in [-0.39, 0.29) is 11.1 Å². The van der Waals surface area contributed by atoms with Crippen LogP contribution in [0.25, 0.3) is 0 Å². The molecule has 154 valence electrons. The van der Waals surface area contributed by atoms with Crippen molar-refractivity contribution in [2.75, 3.05) is 0 Å². The lowest BCUT2D eigenvalue weighted by atomic mass is 10.1. The Bertz CT molecular complexity index is 861. The largest absolute Gasteiger partial charge is 0.478 e. The zero-order valence-electron chi connectivity index (χ0n) is 16.2. The van der Waals surface area contributed by atoms with E-state index in [1.807, 2.05) is 0 Å². The summed E-state index contributed by atoms with van der Waals surface area (Å²) in [5.41, 5.74) is 1.64. The van der Waals surface area contributed by atoms with Gasteiger partial charge in [0.25, 0.3) is 0 Å². The van der Waals surface area contributed by atoms with Crippen LogP contribution in [0.1, 0.15) is 29.8 Å². The van der Waals surface area contributed by atoms with E-state index < -0.39 is 36.1 Å². The fraction of sp³-hybridized carbons (Fsp3) is 0.238. The van der Waals surface area contributed by atoms with Crippen LogP contribution in [-0.2, 0) is 23.9 Å². The van der Waals surface area contributed by atoms with Gasteiger partial charge < -0.3 is 19.7 Å². The maximum absolute atomic E-state index is 12.2. The smallest absolute Gasteiger partial charge is 0.349 e. The van der Waals surface area contributed by atoms with Crippen molar-refractivity contribution in [1.82, 2.24) is 0 Å². The maximum atomic E-state index is 12.2. The van der Waals surface area contributed by atoms with Crippen molar-refractivity contribution in [3.63, 3.8) is 0 Å². The number of carboxylic acid groups (broad SMARTS) is 2. The number of allylic oxidation sites excluding steroid dienone is 4. The molecule has 0 radical (unpaired) electrons. The zero-order chi connectivity index (χ0) is 22.1. The summed E-state index contributed by atoms with van der Waals surface area (Å²) in [4.78, 5) is 47.3. The lowest BCUT2D eigenvalue weighted by molar-refractivity contribution is -0.177. The number of hydrogen-bond acceptors (Lipinski definition) is 6. The van der Waals surface area contributed by atoms with Gasteiger partial charge in [-0.2, -0.15) is 0 Å².